The Kier molecular flexibility index (Phi) is 5.68. The third-order valence-corrected chi connectivity index (χ3v) is 5.54. The fraction of sp³-hybridized carbons (Fsp3) is 0.192. The molecule has 152 valence electrons. The molecular weight excluding hydrogens is 372 g/mol. The monoisotopic (exact) mass is 398 g/mol. The number of carboxylic acids is 1. The predicted molar refractivity (Wildman–Crippen MR) is 121 cm³/mol. The van der Waals surface area contributed by atoms with Crippen molar-refractivity contribution in [1.29, 1.82) is 0 Å². The Bertz CT molecular complexity index is 1110. The van der Waals surface area contributed by atoms with E-state index in [1.54, 1.807) is 0 Å². The SMILES string of the molecule is CN(C)CCn1c(C(=O)O)c(C(c2ccccc2)c2ccccc2)c2ccccc21. The van der Waals surface area contributed by atoms with Crippen LogP contribution in [-0.4, -0.2) is 41.2 Å². The van der Waals surface area contributed by atoms with E-state index in [9.17, 15) is 9.90 Å². The van der Waals surface area contributed by atoms with Gasteiger partial charge in [-0.05, 0) is 31.3 Å². The number of hydrogen-bond donors (Lipinski definition) is 1. The van der Waals surface area contributed by atoms with E-state index < -0.39 is 5.97 Å². The average molecular weight is 399 g/mol. The molecule has 4 aromatic rings. The lowest BCUT2D eigenvalue weighted by molar-refractivity contribution is 0.0683. The summed E-state index contributed by atoms with van der Waals surface area (Å²) in [6.07, 6.45) is 0. The smallest absolute Gasteiger partial charge is 0.352 e. The number of fused-ring (bicyclic) bond motifs is 1. The van der Waals surface area contributed by atoms with Crippen molar-refractivity contribution in [1.82, 2.24) is 9.47 Å². The quantitative estimate of drug-likeness (QED) is 0.472. The first-order valence-electron chi connectivity index (χ1n) is 10.2. The summed E-state index contributed by atoms with van der Waals surface area (Å²) in [5.41, 5.74) is 4.36. The van der Waals surface area contributed by atoms with Crippen molar-refractivity contribution in [3.05, 3.63) is 107 Å². The Labute approximate surface area is 177 Å². The van der Waals surface area contributed by atoms with Crippen LogP contribution < -0.4 is 0 Å². The molecule has 0 saturated heterocycles. The second-order valence-corrected chi connectivity index (χ2v) is 7.79. The first-order valence-corrected chi connectivity index (χ1v) is 10.2. The summed E-state index contributed by atoms with van der Waals surface area (Å²) in [6, 6.07) is 28.4. The molecule has 0 saturated carbocycles. The van der Waals surface area contributed by atoms with Gasteiger partial charge in [-0.15, -0.1) is 0 Å². The van der Waals surface area contributed by atoms with Crippen LogP contribution in [-0.2, 0) is 6.54 Å². The molecule has 4 nitrogen and oxygen atoms in total. The van der Waals surface area contributed by atoms with Gasteiger partial charge in [-0.1, -0.05) is 78.9 Å². The molecule has 0 unspecified atom stereocenters. The van der Waals surface area contributed by atoms with Crippen LogP contribution in [0.2, 0.25) is 0 Å². The van der Waals surface area contributed by atoms with Gasteiger partial charge in [0.25, 0.3) is 0 Å². The summed E-state index contributed by atoms with van der Waals surface area (Å²) in [5.74, 6) is -1.05. The van der Waals surface area contributed by atoms with E-state index in [2.05, 4.69) is 29.2 Å². The number of benzene rings is 3. The number of aromatic nitrogens is 1. The lowest BCUT2D eigenvalue weighted by atomic mass is 9.83. The van der Waals surface area contributed by atoms with Crippen LogP contribution in [0.5, 0.6) is 0 Å². The Morgan fingerprint density at radius 3 is 1.93 bits per heavy atom. The fourth-order valence-corrected chi connectivity index (χ4v) is 4.20. The molecular formula is C26H26N2O2. The van der Waals surface area contributed by atoms with Gasteiger partial charge in [-0.25, -0.2) is 4.79 Å². The Morgan fingerprint density at radius 1 is 0.867 bits per heavy atom. The van der Waals surface area contributed by atoms with Gasteiger partial charge in [0.15, 0.2) is 0 Å². The number of hydrogen-bond acceptors (Lipinski definition) is 2. The summed E-state index contributed by atoms with van der Waals surface area (Å²) in [5, 5.41) is 11.3. The highest BCUT2D eigenvalue weighted by molar-refractivity contribution is 5.99. The standard InChI is InChI=1S/C26H26N2O2/c1-27(2)17-18-28-22-16-10-9-15-21(22)24(25(28)26(29)30)23(19-11-5-3-6-12-19)20-13-7-4-8-14-20/h3-16,23H,17-18H2,1-2H3,(H,29,30). The number of carboxylic acid groups (broad SMARTS) is 1. The van der Waals surface area contributed by atoms with Crippen molar-refractivity contribution in [2.75, 3.05) is 20.6 Å². The Morgan fingerprint density at radius 2 is 1.40 bits per heavy atom. The number of para-hydroxylation sites is 1. The summed E-state index contributed by atoms with van der Waals surface area (Å²) < 4.78 is 1.96. The highest BCUT2D eigenvalue weighted by Crippen LogP contribution is 2.40. The van der Waals surface area contributed by atoms with Gasteiger partial charge >= 0.3 is 5.97 Å². The van der Waals surface area contributed by atoms with Gasteiger partial charge in [-0.3, -0.25) is 0 Å². The van der Waals surface area contributed by atoms with Crippen molar-refractivity contribution in [3.63, 3.8) is 0 Å². The van der Waals surface area contributed by atoms with Crippen molar-refractivity contribution in [2.45, 2.75) is 12.5 Å². The number of rotatable bonds is 7. The normalized spacial score (nSPS) is 11.5. The van der Waals surface area contributed by atoms with E-state index in [4.69, 9.17) is 0 Å². The zero-order valence-corrected chi connectivity index (χ0v) is 17.3. The van der Waals surface area contributed by atoms with Gasteiger partial charge < -0.3 is 14.6 Å². The number of likely N-dealkylation sites (N-methyl/N-ethyl adjacent to an activating group) is 1. The Balaban J connectivity index is 2.04. The number of carbonyl (C=O) groups is 1. The van der Waals surface area contributed by atoms with Crippen molar-refractivity contribution < 1.29 is 9.90 Å². The molecule has 0 amide bonds. The third-order valence-electron chi connectivity index (χ3n) is 5.54. The maximum atomic E-state index is 12.6. The molecule has 0 aliphatic heterocycles. The number of aromatic carboxylic acids is 1. The van der Waals surface area contributed by atoms with Gasteiger partial charge in [0.2, 0.25) is 0 Å². The van der Waals surface area contributed by atoms with Crippen LogP contribution in [0.25, 0.3) is 10.9 Å². The van der Waals surface area contributed by atoms with E-state index in [1.807, 2.05) is 79.3 Å². The van der Waals surface area contributed by atoms with Crippen molar-refractivity contribution >= 4 is 16.9 Å². The zero-order valence-electron chi connectivity index (χ0n) is 17.3. The molecule has 30 heavy (non-hydrogen) atoms. The molecule has 1 N–H and O–H groups in total. The second kappa shape index (κ2) is 8.56. The highest BCUT2D eigenvalue weighted by Gasteiger charge is 2.29. The number of nitrogens with zero attached hydrogens (tertiary/aromatic N) is 2. The molecule has 1 aromatic heterocycles. The summed E-state index contributed by atoms with van der Waals surface area (Å²) >= 11 is 0. The van der Waals surface area contributed by atoms with Gasteiger partial charge in [-0.2, -0.15) is 0 Å². The van der Waals surface area contributed by atoms with Gasteiger partial charge in [0.1, 0.15) is 5.69 Å². The van der Waals surface area contributed by atoms with Crippen LogP contribution in [0, 0.1) is 0 Å². The molecule has 0 fully saturated rings. The fourth-order valence-electron chi connectivity index (χ4n) is 4.20. The zero-order chi connectivity index (χ0) is 21.1. The maximum absolute atomic E-state index is 12.6. The van der Waals surface area contributed by atoms with Crippen molar-refractivity contribution in [3.8, 4) is 0 Å². The minimum Gasteiger partial charge on any atom is -0.477 e. The lowest BCUT2D eigenvalue weighted by Crippen LogP contribution is -2.21. The van der Waals surface area contributed by atoms with Crippen LogP contribution in [0.1, 0.15) is 33.1 Å². The van der Waals surface area contributed by atoms with Crippen LogP contribution in [0.15, 0.2) is 84.9 Å². The van der Waals surface area contributed by atoms with E-state index in [0.717, 1.165) is 34.1 Å². The molecule has 0 spiro atoms. The summed E-state index contributed by atoms with van der Waals surface area (Å²) in [4.78, 5) is 14.7. The molecule has 4 heteroatoms. The van der Waals surface area contributed by atoms with Crippen LogP contribution in [0.4, 0.5) is 0 Å². The lowest BCUT2D eigenvalue weighted by Gasteiger charge is -2.20. The van der Waals surface area contributed by atoms with E-state index in [1.165, 1.54) is 0 Å². The first-order chi connectivity index (χ1) is 14.6. The summed E-state index contributed by atoms with van der Waals surface area (Å²) in [7, 11) is 4.01. The van der Waals surface area contributed by atoms with E-state index in [-0.39, 0.29) is 5.92 Å². The molecule has 3 aromatic carbocycles. The minimum atomic E-state index is -0.892. The molecule has 0 radical (unpaired) electrons. The van der Waals surface area contributed by atoms with Gasteiger partial charge in [0.05, 0.1) is 0 Å². The molecule has 0 aliphatic rings. The largest absolute Gasteiger partial charge is 0.477 e. The molecule has 1 heterocycles. The average Bonchev–Trinajstić information content (AvgIpc) is 3.08. The van der Waals surface area contributed by atoms with E-state index >= 15 is 0 Å². The maximum Gasteiger partial charge on any atom is 0.352 e. The van der Waals surface area contributed by atoms with E-state index in [0.29, 0.717) is 12.2 Å². The van der Waals surface area contributed by atoms with Crippen LogP contribution >= 0.6 is 0 Å². The summed E-state index contributed by atoms with van der Waals surface area (Å²) in [6.45, 7) is 1.38. The molecule has 4 rings (SSSR count). The van der Waals surface area contributed by atoms with Crippen molar-refractivity contribution in [2.24, 2.45) is 0 Å². The topological polar surface area (TPSA) is 45.5 Å². The molecule has 0 atom stereocenters. The predicted octanol–water partition coefficient (Wildman–Crippen LogP) is 5.08. The minimum absolute atomic E-state index is 0.163. The molecule has 0 aliphatic carbocycles. The second-order valence-electron chi connectivity index (χ2n) is 7.79. The highest BCUT2D eigenvalue weighted by atomic mass is 16.4. The Hall–Kier alpha value is -3.37. The first kappa shape index (κ1) is 19.9. The molecule has 0 bridgehead atoms. The van der Waals surface area contributed by atoms with Crippen LogP contribution in [0.3, 0.4) is 0 Å². The van der Waals surface area contributed by atoms with Gasteiger partial charge in [0, 0.05) is 35.5 Å². The third kappa shape index (κ3) is 3.74.